The summed E-state index contributed by atoms with van der Waals surface area (Å²) in [6.45, 7) is 0. The topological polar surface area (TPSA) is 43.9 Å². The summed E-state index contributed by atoms with van der Waals surface area (Å²) >= 11 is 1.76. The maximum absolute atomic E-state index is 6.80. The van der Waals surface area contributed by atoms with E-state index in [1.807, 2.05) is 0 Å². The molecule has 12 rings (SSSR count). The average molecular weight is 694 g/mol. The lowest BCUT2D eigenvalue weighted by Gasteiger charge is -2.11. The van der Waals surface area contributed by atoms with Crippen LogP contribution < -0.4 is 0 Å². The molecule has 5 heteroatoms. The van der Waals surface area contributed by atoms with E-state index in [-0.39, 0.29) is 0 Å². The summed E-state index contributed by atoms with van der Waals surface area (Å²) in [7, 11) is 0. The molecule has 0 fully saturated rings. The lowest BCUT2D eigenvalue weighted by atomic mass is 9.94. The molecule has 8 aromatic carbocycles. The van der Waals surface area contributed by atoms with Gasteiger partial charge in [-0.25, -0.2) is 9.97 Å². The fraction of sp³-hybridized carbons (Fsp3) is 0. The third kappa shape index (κ3) is 4.11. The third-order valence-electron chi connectivity index (χ3n) is 10.8. The zero-order valence-corrected chi connectivity index (χ0v) is 29.1. The summed E-state index contributed by atoms with van der Waals surface area (Å²) in [4.78, 5) is 10.9. The van der Waals surface area contributed by atoms with Gasteiger partial charge in [-0.05, 0) is 63.7 Å². The van der Waals surface area contributed by atoms with Crippen molar-refractivity contribution in [1.82, 2.24) is 14.5 Å². The molecular formula is C48H27N3OS. The molecule has 0 saturated carbocycles. The summed E-state index contributed by atoms with van der Waals surface area (Å²) in [6, 6.07) is 58.2. The minimum Gasteiger partial charge on any atom is -0.455 e. The van der Waals surface area contributed by atoms with Gasteiger partial charge in [0.05, 0.1) is 26.9 Å². The van der Waals surface area contributed by atoms with Gasteiger partial charge in [0.1, 0.15) is 11.2 Å². The van der Waals surface area contributed by atoms with Gasteiger partial charge in [-0.15, -0.1) is 11.3 Å². The van der Waals surface area contributed by atoms with E-state index in [2.05, 4.69) is 168 Å². The molecule has 12 aromatic rings. The summed E-state index contributed by atoms with van der Waals surface area (Å²) in [6.07, 6.45) is 0. The molecule has 0 unspecified atom stereocenters. The highest BCUT2D eigenvalue weighted by Crippen LogP contribution is 2.46. The zero-order chi connectivity index (χ0) is 34.6. The highest BCUT2D eigenvalue weighted by atomic mass is 32.1. The van der Waals surface area contributed by atoms with Crippen molar-refractivity contribution < 1.29 is 4.42 Å². The quantitative estimate of drug-likeness (QED) is 0.185. The predicted molar refractivity (Wildman–Crippen MR) is 222 cm³/mol. The Morgan fingerprint density at radius 1 is 0.491 bits per heavy atom. The molecule has 0 bridgehead atoms. The van der Waals surface area contributed by atoms with Gasteiger partial charge in [-0.1, -0.05) is 127 Å². The molecule has 4 aromatic heterocycles. The van der Waals surface area contributed by atoms with Crippen LogP contribution in [0.15, 0.2) is 168 Å². The van der Waals surface area contributed by atoms with Crippen LogP contribution in [0.2, 0.25) is 0 Å². The fourth-order valence-corrected chi connectivity index (χ4v) is 9.59. The molecule has 4 heterocycles. The molecule has 0 amide bonds. The summed E-state index contributed by atoms with van der Waals surface area (Å²) in [5, 5.41) is 10.3. The molecule has 246 valence electrons. The van der Waals surface area contributed by atoms with Crippen LogP contribution in [0.25, 0.3) is 114 Å². The van der Waals surface area contributed by atoms with Crippen LogP contribution >= 0.6 is 11.3 Å². The van der Waals surface area contributed by atoms with E-state index in [0.29, 0.717) is 5.95 Å². The number of rotatable bonds is 3. The second kappa shape index (κ2) is 10.8. The Labute approximate surface area is 306 Å². The largest absolute Gasteiger partial charge is 0.455 e. The van der Waals surface area contributed by atoms with Gasteiger partial charge in [0.25, 0.3) is 0 Å². The number of hydrogen-bond donors (Lipinski definition) is 0. The summed E-state index contributed by atoms with van der Waals surface area (Å²) in [5.74, 6) is 0.651. The molecule has 0 N–H and O–H groups in total. The second-order valence-corrected chi connectivity index (χ2v) is 14.8. The van der Waals surface area contributed by atoms with Crippen molar-refractivity contribution in [3.8, 4) is 28.3 Å². The molecule has 0 aliphatic rings. The fourth-order valence-electron chi connectivity index (χ4n) is 8.43. The molecule has 4 nitrogen and oxygen atoms in total. The predicted octanol–water partition coefficient (Wildman–Crippen LogP) is 13.5. The van der Waals surface area contributed by atoms with E-state index < -0.39 is 0 Å². The van der Waals surface area contributed by atoms with Gasteiger partial charge in [0.15, 0.2) is 0 Å². The van der Waals surface area contributed by atoms with Crippen molar-refractivity contribution in [3.05, 3.63) is 164 Å². The minimum absolute atomic E-state index is 0.651. The Hall–Kier alpha value is -6.82. The van der Waals surface area contributed by atoms with E-state index in [9.17, 15) is 0 Å². The van der Waals surface area contributed by atoms with Gasteiger partial charge in [-0.3, -0.25) is 4.57 Å². The highest BCUT2D eigenvalue weighted by Gasteiger charge is 2.24. The Bertz CT molecular complexity index is 3460. The van der Waals surface area contributed by atoms with Gasteiger partial charge >= 0.3 is 0 Å². The molecule has 53 heavy (non-hydrogen) atoms. The molecule has 0 aliphatic heterocycles. The molecule has 0 atom stereocenters. The van der Waals surface area contributed by atoms with Crippen LogP contribution in [0.1, 0.15) is 0 Å². The standard InChI is InChI=1S/C48H27N3OS/c1-2-13-29(14-3-1)36-27-37-43-40(52-46(37)33-17-7-6-16-32(33)36)25-24-39-42(43)34-18-8-10-20-38(34)51(39)48-49-44(31-23-22-28-12-4-5-15-30(28)26-31)47-45(50-48)35-19-9-11-21-41(35)53-47/h1-27H. The highest BCUT2D eigenvalue weighted by molar-refractivity contribution is 7.26. The maximum Gasteiger partial charge on any atom is 0.235 e. The van der Waals surface area contributed by atoms with Crippen molar-refractivity contribution in [3.63, 3.8) is 0 Å². The molecule has 0 aliphatic carbocycles. The number of fused-ring (bicyclic) bond motifs is 13. The van der Waals surface area contributed by atoms with Crippen LogP contribution in [0.4, 0.5) is 0 Å². The molecule has 0 spiro atoms. The number of para-hydroxylation sites is 1. The van der Waals surface area contributed by atoms with Crippen molar-refractivity contribution >= 4 is 96.9 Å². The first-order valence-electron chi connectivity index (χ1n) is 17.8. The van der Waals surface area contributed by atoms with Crippen LogP contribution in [0, 0.1) is 0 Å². The van der Waals surface area contributed by atoms with E-state index in [4.69, 9.17) is 14.4 Å². The zero-order valence-electron chi connectivity index (χ0n) is 28.2. The number of nitrogens with zero attached hydrogens (tertiary/aromatic N) is 3. The van der Waals surface area contributed by atoms with Crippen molar-refractivity contribution in [1.29, 1.82) is 0 Å². The lowest BCUT2D eigenvalue weighted by Crippen LogP contribution is -2.02. The number of aromatic nitrogens is 3. The Balaban J connectivity index is 1.21. The first-order valence-corrected chi connectivity index (χ1v) is 18.6. The number of hydrogen-bond acceptors (Lipinski definition) is 4. The van der Waals surface area contributed by atoms with Crippen molar-refractivity contribution in [2.24, 2.45) is 0 Å². The maximum atomic E-state index is 6.80. The van der Waals surface area contributed by atoms with E-state index >= 15 is 0 Å². The number of benzene rings is 8. The van der Waals surface area contributed by atoms with Gasteiger partial charge in [0.2, 0.25) is 5.95 Å². The second-order valence-electron chi connectivity index (χ2n) is 13.7. The molecular weight excluding hydrogens is 667 g/mol. The Morgan fingerprint density at radius 3 is 2.11 bits per heavy atom. The van der Waals surface area contributed by atoms with Gasteiger partial charge in [0, 0.05) is 42.6 Å². The first kappa shape index (κ1) is 28.8. The SMILES string of the molecule is c1ccc(-c2cc3c(oc4ccc5c(c6ccccc6n5-c5nc(-c6ccc7ccccc7c6)c6sc7ccccc7c6n5)c43)c3ccccc23)cc1. The normalized spacial score (nSPS) is 12.2. The van der Waals surface area contributed by atoms with Crippen molar-refractivity contribution in [2.75, 3.05) is 0 Å². The lowest BCUT2D eigenvalue weighted by molar-refractivity contribution is 0.673. The van der Waals surface area contributed by atoms with Crippen LogP contribution in [0.3, 0.4) is 0 Å². The third-order valence-corrected chi connectivity index (χ3v) is 12.0. The smallest absolute Gasteiger partial charge is 0.235 e. The van der Waals surface area contributed by atoms with E-state index in [1.54, 1.807) is 11.3 Å². The molecule has 0 saturated heterocycles. The summed E-state index contributed by atoms with van der Waals surface area (Å²) < 4.78 is 11.3. The van der Waals surface area contributed by atoms with E-state index in [0.717, 1.165) is 76.0 Å². The monoisotopic (exact) mass is 693 g/mol. The van der Waals surface area contributed by atoms with Crippen LogP contribution in [-0.4, -0.2) is 14.5 Å². The average Bonchev–Trinajstić information content (AvgIpc) is 3.90. The first-order chi connectivity index (χ1) is 26.3. The van der Waals surface area contributed by atoms with Crippen LogP contribution in [0.5, 0.6) is 0 Å². The Morgan fingerprint density at radius 2 is 1.23 bits per heavy atom. The molecule has 0 radical (unpaired) electrons. The van der Waals surface area contributed by atoms with Gasteiger partial charge in [-0.2, -0.15) is 0 Å². The van der Waals surface area contributed by atoms with Crippen LogP contribution in [-0.2, 0) is 0 Å². The van der Waals surface area contributed by atoms with Gasteiger partial charge < -0.3 is 4.42 Å². The van der Waals surface area contributed by atoms with Crippen molar-refractivity contribution in [2.45, 2.75) is 0 Å². The number of furan rings is 1. The Kier molecular flexibility index (Phi) is 5.90. The number of thiophene rings is 1. The summed E-state index contributed by atoms with van der Waals surface area (Å²) in [5.41, 5.74) is 9.22. The minimum atomic E-state index is 0.651. The van der Waals surface area contributed by atoms with E-state index in [1.165, 1.54) is 32.0 Å².